The Labute approximate surface area is 118 Å². The van der Waals surface area contributed by atoms with Crippen molar-refractivity contribution in [2.45, 2.75) is 13.3 Å². The molecule has 7 nitrogen and oxygen atoms in total. The molecular formula is C13H22N4O3. The second-order valence-corrected chi connectivity index (χ2v) is 4.80. The maximum atomic E-state index is 11.6. The van der Waals surface area contributed by atoms with Gasteiger partial charge in [0.15, 0.2) is 5.82 Å². The number of hydrogen-bond acceptors (Lipinski definition) is 6. The van der Waals surface area contributed by atoms with Crippen molar-refractivity contribution in [2.75, 3.05) is 51.3 Å². The van der Waals surface area contributed by atoms with Gasteiger partial charge in [-0.15, -0.1) is 0 Å². The summed E-state index contributed by atoms with van der Waals surface area (Å²) in [4.78, 5) is 13.9. The molecule has 1 amide bonds. The van der Waals surface area contributed by atoms with Crippen LogP contribution < -0.4 is 10.6 Å². The van der Waals surface area contributed by atoms with Crippen LogP contribution in [0, 0.1) is 6.92 Å². The molecule has 1 aliphatic rings. The van der Waals surface area contributed by atoms with Crippen molar-refractivity contribution in [3.05, 3.63) is 11.8 Å². The van der Waals surface area contributed by atoms with Crippen LogP contribution in [0.5, 0.6) is 0 Å². The van der Waals surface area contributed by atoms with E-state index in [2.05, 4.69) is 20.7 Å². The summed E-state index contributed by atoms with van der Waals surface area (Å²) in [6.07, 6.45) is 0.426. The SMILES string of the molecule is Cc1cc(NCCC(=O)NCCN2CCOCC2)no1. The van der Waals surface area contributed by atoms with Gasteiger partial charge in [-0.05, 0) is 6.92 Å². The van der Waals surface area contributed by atoms with Gasteiger partial charge in [-0.25, -0.2) is 0 Å². The summed E-state index contributed by atoms with van der Waals surface area (Å²) in [5.41, 5.74) is 0. The van der Waals surface area contributed by atoms with Crippen LogP contribution in [0.3, 0.4) is 0 Å². The number of aromatic nitrogens is 1. The van der Waals surface area contributed by atoms with E-state index in [1.807, 2.05) is 6.92 Å². The van der Waals surface area contributed by atoms with Crippen LogP contribution in [-0.2, 0) is 9.53 Å². The third-order valence-electron chi connectivity index (χ3n) is 3.14. The fraction of sp³-hybridized carbons (Fsp3) is 0.692. The molecule has 1 aromatic heterocycles. The molecule has 0 aliphatic carbocycles. The molecule has 2 rings (SSSR count). The number of carbonyl (C=O) groups is 1. The molecular weight excluding hydrogens is 260 g/mol. The standard InChI is InChI=1S/C13H22N4O3/c1-11-10-12(16-20-11)14-3-2-13(18)15-4-5-17-6-8-19-9-7-17/h10H,2-9H2,1H3,(H,14,16)(H,15,18). The number of nitrogens with one attached hydrogen (secondary N) is 2. The highest BCUT2D eigenvalue weighted by molar-refractivity contribution is 5.76. The minimum atomic E-state index is 0.0472. The average molecular weight is 282 g/mol. The summed E-state index contributed by atoms with van der Waals surface area (Å²) in [7, 11) is 0. The van der Waals surface area contributed by atoms with E-state index in [-0.39, 0.29) is 5.91 Å². The number of rotatable bonds is 7. The molecule has 0 spiro atoms. The largest absolute Gasteiger partial charge is 0.379 e. The quantitative estimate of drug-likeness (QED) is 0.745. The summed E-state index contributed by atoms with van der Waals surface area (Å²) in [5, 5.41) is 9.76. The Bertz CT molecular complexity index is 416. The van der Waals surface area contributed by atoms with Gasteiger partial charge >= 0.3 is 0 Å². The van der Waals surface area contributed by atoms with Crippen LogP contribution in [0.15, 0.2) is 10.6 Å². The first-order valence-electron chi connectivity index (χ1n) is 6.98. The highest BCUT2D eigenvalue weighted by Gasteiger charge is 2.10. The van der Waals surface area contributed by atoms with Crippen LogP contribution in [0.1, 0.15) is 12.2 Å². The van der Waals surface area contributed by atoms with E-state index in [0.29, 0.717) is 25.3 Å². The lowest BCUT2D eigenvalue weighted by Crippen LogP contribution is -2.41. The number of amides is 1. The second-order valence-electron chi connectivity index (χ2n) is 4.80. The Balaban J connectivity index is 1.51. The van der Waals surface area contributed by atoms with E-state index in [0.717, 1.165) is 38.6 Å². The van der Waals surface area contributed by atoms with Gasteiger partial charge in [0, 0.05) is 45.2 Å². The normalized spacial score (nSPS) is 16.1. The molecule has 1 aliphatic heterocycles. The predicted molar refractivity (Wildman–Crippen MR) is 74.6 cm³/mol. The first kappa shape index (κ1) is 14.8. The van der Waals surface area contributed by atoms with E-state index >= 15 is 0 Å². The topological polar surface area (TPSA) is 79.6 Å². The van der Waals surface area contributed by atoms with Crippen LogP contribution in [0.4, 0.5) is 5.82 Å². The Kier molecular flexibility index (Phi) is 5.82. The van der Waals surface area contributed by atoms with E-state index in [1.165, 1.54) is 0 Å². The monoisotopic (exact) mass is 282 g/mol. The van der Waals surface area contributed by atoms with Crippen molar-refractivity contribution in [3.8, 4) is 0 Å². The van der Waals surface area contributed by atoms with Crippen LogP contribution in [0.25, 0.3) is 0 Å². The Morgan fingerprint density at radius 1 is 1.40 bits per heavy atom. The molecule has 1 aromatic rings. The molecule has 20 heavy (non-hydrogen) atoms. The van der Waals surface area contributed by atoms with Crippen molar-refractivity contribution in [3.63, 3.8) is 0 Å². The summed E-state index contributed by atoms with van der Waals surface area (Å²) >= 11 is 0. The fourth-order valence-electron chi connectivity index (χ4n) is 2.02. The van der Waals surface area contributed by atoms with E-state index < -0.39 is 0 Å². The van der Waals surface area contributed by atoms with Gasteiger partial charge in [0.25, 0.3) is 0 Å². The Morgan fingerprint density at radius 3 is 2.90 bits per heavy atom. The zero-order valence-electron chi connectivity index (χ0n) is 11.9. The summed E-state index contributed by atoms with van der Waals surface area (Å²) < 4.78 is 10.2. The van der Waals surface area contributed by atoms with Crippen molar-refractivity contribution < 1.29 is 14.1 Å². The summed E-state index contributed by atoms with van der Waals surface area (Å²) in [5.74, 6) is 1.47. The highest BCUT2D eigenvalue weighted by Crippen LogP contribution is 2.06. The lowest BCUT2D eigenvalue weighted by molar-refractivity contribution is -0.120. The van der Waals surface area contributed by atoms with Gasteiger partial charge in [0.2, 0.25) is 5.91 Å². The van der Waals surface area contributed by atoms with Crippen molar-refractivity contribution in [1.82, 2.24) is 15.4 Å². The zero-order valence-corrected chi connectivity index (χ0v) is 11.9. The molecule has 112 valence electrons. The smallest absolute Gasteiger partial charge is 0.221 e. The molecule has 0 unspecified atom stereocenters. The first-order valence-corrected chi connectivity index (χ1v) is 6.98. The number of morpholine rings is 1. The lowest BCUT2D eigenvalue weighted by Gasteiger charge is -2.26. The fourth-order valence-corrected chi connectivity index (χ4v) is 2.02. The molecule has 2 heterocycles. The van der Waals surface area contributed by atoms with Crippen molar-refractivity contribution >= 4 is 11.7 Å². The van der Waals surface area contributed by atoms with Gasteiger partial charge in [-0.1, -0.05) is 5.16 Å². The van der Waals surface area contributed by atoms with E-state index in [1.54, 1.807) is 6.07 Å². The minimum Gasteiger partial charge on any atom is -0.379 e. The Hall–Kier alpha value is -1.60. The van der Waals surface area contributed by atoms with Gasteiger partial charge in [0.05, 0.1) is 13.2 Å². The van der Waals surface area contributed by atoms with Gasteiger partial charge in [-0.3, -0.25) is 9.69 Å². The maximum Gasteiger partial charge on any atom is 0.221 e. The van der Waals surface area contributed by atoms with E-state index in [9.17, 15) is 4.79 Å². The van der Waals surface area contributed by atoms with Gasteiger partial charge in [0.1, 0.15) is 5.76 Å². The maximum absolute atomic E-state index is 11.6. The predicted octanol–water partition coefficient (Wildman–Crippen LogP) is 0.233. The number of anilines is 1. The average Bonchev–Trinajstić information content (AvgIpc) is 2.86. The van der Waals surface area contributed by atoms with Crippen LogP contribution >= 0.6 is 0 Å². The second kappa shape index (κ2) is 7.86. The molecule has 1 saturated heterocycles. The number of aryl methyl sites for hydroxylation is 1. The Morgan fingerprint density at radius 2 is 2.20 bits per heavy atom. The van der Waals surface area contributed by atoms with Crippen molar-refractivity contribution in [1.29, 1.82) is 0 Å². The summed E-state index contributed by atoms with van der Waals surface area (Å²) in [6, 6.07) is 1.80. The van der Waals surface area contributed by atoms with Crippen LogP contribution in [-0.4, -0.2) is 61.9 Å². The lowest BCUT2D eigenvalue weighted by atomic mass is 10.3. The molecule has 0 aromatic carbocycles. The number of carbonyl (C=O) groups excluding carboxylic acids is 1. The minimum absolute atomic E-state index is 0.0472. The first-order chi connectivity index (χ1) is 9.74. The molecule has 2 N–H and O–H groups in total. The molecule has 0 radical (unpaired) electrons. The molecule has 0 bridgehead atoms. The van der Waals surface area contributed by atoms with Crippen molar-refractivity contribution in [2.24, 2.45) is 0 Å². The van der Waals surface area contributed by atoms with E-state index in [4.69, 9.17) is 9.26 Å². The number of nitrogens with zero attached hydrogens (tertiary/aromatic N) is 2. The molecule has 7 heteroatoms. The summed E-state index contributed by atoms with van der Waals surface area (Å²) in [6.45, 7) is 7.41. The number of hydrogen-bond donors (Lipinski definition) is 2. The third kappa shape index (κ3) is 5.18. The number of ether oxygens (including phenoxy) is 1. The molecule has 0 saturated carbocycles. The molecule has 0 atom stereocenters. The van der Waals surface area contributed by atoms with Gasteiger partial charge in [-0.2, -0.15) is 0 Å². The highest BCUT2D eigenvalue weighted by atomic mass is 16.5. The van der Waals surface area contributed by atoms with Crippen LogP contribution in [0.2, 0.25) is 0 Å². The third-order valence-corrected chi connectivity index (χ3v) is 3.14. The molecule has 1 fully saturated rings. The van der Waals surface area contributed by atoms with Gasteiger partial charge < -0.3 is 19.9 Å². The zero-order chi connectivity index (χ0) is 14.2.